The van der Waals surface area contributed by atoms with Crippen molar-refractivity contribution < 1.29 is 0 Å². The van der Waals surface area contributed by atoms with E-state index >= 15 is 0 Å². The molecule has 0 bridgehead atoms. The fraction of sp³-hybridized carbons (Fsp3) is 0.118. The second kappa shape index (κ2) is 6.42. The average molecular weight is 479 g/mol. The molecule has 0 amide bonds. The second-order valence-electron chi connectivity index (χ2n) is 5.65. The molecule has 130 valence electrons. The van der Waals surface area contributed by atoms with Crippen LogP contribution in [0.1, 0.15) is 5.56 Å². The number of aryl methyl sites for hydroxylation is 1. The van der Waals surface area contributed by atoms with Crippen LogP contribution < -0.4 is 5.32 Å². The number of rotatable bonds is 3. The highest BCUT2D eigenvalue weighted by molar-refractivity contribution is 9.10. The van der Waals surface area contributed by atoms with Gasteiger partial charge in [-0.3, -0.25) is 0 Å². The van der Waals surface area contributed by atoms with Crippen LogP contribution in [0.5, 0.6) is 0 Å². The van der Waals surface area contributed by atoms with Crippen molar-refractivity contribution in [3.05, 3.63) is 34.3 Å². The fourth-order valence-corrected chi connectivity index (χ4v) is 6.97. The summed E-state index contributed by atoms with van der Waals surface area (Å²) >= 11 is 10.3. The van der Waals surface area contributed by atoms with Crippen LogP contribution in [0.2, 0.25) is 0 Å². The van der Waals surface area contributed by atoms with Gasteiger partial charge >= 0.3 is 0 Å². The van der Waals surface area contributed by atoms with Crippen LogP contribution in [0.25, 0.3) is 30.6 Å². The summed E-state index contributed by atoms with van der Waals surface area (Å²) in [7, 11) is 0. The molecule has 0 spiro atoms. The van der Waals surface area contributed by atoms with Crippen molar-refractivity contribution in [3.8, 4) is 0 Å². The van der Waals surface area contributed by atoms with Gasteiger partial charge in [0.1, 0.15) is 0 Å². The molecular formula is C17H11BrN4S4. The van der Waals surface area contributed by atoms with E-state index in [1.54, 1.807) is 45.8 Å². The summed E-state index contributed by atoms with van der Waals surface area (Å²) in [4.78, 5) is 14.1. The number of hydrogen-bond acceptors (Lipinski definition) is 8. The van der Waals surface area contributed by atoms with E-state index < -0.39 is 0 Å². The Morgan fingerprint density at radius 3 is 2.35 bits per heavy atom. The van der Waals surface area contributed by atoms with E-state index in [0.717, 1.165) is 40.3 Å². The molecule has 1 N–H and O–H groups in total. The van der Waals surface area contributed by atoms with Gasteiger partial charge in [0.05, 0.1) is 30.6 Å². The van der Waals surface area contributed by atoms with Gasteiger partial charge < -0.3 is 5.32 Å². The third-order valence-electron chi connectivity index (χ3n) is 3.98. The van der Waals surface area contributed by atoms with Crippen LogP contribution in [0.15, 0.2) is 33.1 Å². The lowest BCUT2D eigenvalue weighted by atomic mass is 10.2. The van der Waals surface area contributed by atoms with Crippen LogP contribution in [-0.2, 0) is 0 Å². The first-order valence-electron chi connectivity index (χ1n) is 7.69. The third-order valence-corrected chi connectivity index (χ3v) is 9.11. The van der Waals surface area contributed by atoms with Gasteiger partial charge in [0, 0.05) is 4.47 Å². The van der Waals surface area contributed by atoms with Gasteiger partial charge in [-0.15, -0.1) is 11.3 Å². The molecule has 0 saturated carbocycles. The Morgan fingerprint density at radius 1 is 0.885 bits per heavy atom. The van der Waals surface area contributed by atoms with Crippen LogP contribution in [0.3, 0.4) is 0 Å². The first-order valence-corrected chi connectivity index (χ1v) is 12.2. The molecule has 9 heteroatoms. The van der Waals surface area contributed by atoms with Crippen molar-refractivity contribution in [2.24, 2.45) is 0 Å². The van der Waals surface area contributed by atoms with Gasteiger partial charge in [-0.2, -0.15) is 0 Å². The molecule has 26 heavy (non-hydrogen) atoms. The predicted molar refractivity (Wildman–Crippen MR) is 120 cm³/mol. The summed E-state index contributed by atoms with van der Waals surface area (Å²) in [6, 6.07) is 8.25. The molecular weight excluding hydrogens is 468 g/mol. The maximum Gasteiger partial charge on any atom is 0.190 e. The molecule has 3 aromatic heterocycles. The van der Waals surface area contributed by atoms with Gasteiger partial charge in [-0.1, -0.05) is 40.5 Å². The van der Waals surface area contributed by atoms with E-state index in [2.05, 4.69) is 57.6 Å². The number of fused-ring (bicyclic) bond motifs is 4. The predicted octanol–water partition coefficient (Wildman–Crippen LogP) is 7.05. The topological polar surface area (TPSA) is 50.7 Å². The summed E-state index contributed by atoms with van der Waals surface area (Å²) in [5.74, 6) is 0. The Morgan fingerprint density at radius 2 is 1.58 bits per heavy atom. The Hall–Kier alpha value is -1.26. The molecule has 2 aromatic carbocycles. The molecule has 5 rings (SSSR count). The Balaban J connectivity index is 1.59. The highest BCUT2D eigenvalue weighted by Gasteiger charge is 2.14. The van der Waals surface area contributed by atoms with E-state index in [9.17, 15) is 0 Å². The molecule has 0 atom stereocenters. The molecule has 3 heterocycles. The number of hydrogen-bond donors (Lipinski definition) is 1. The molecule has 0 fully saturated rings. The number of thioether (sulfide) groups is 1. The Kier molecular flexibility index (Phi) is 4.17. The minimum absolute atomic E-state index is 0.861. The first-order chi connectivity index (χ1) is 12.6. The summed E-state index contributed by atoms with van der Waals surface area (Å²) in [5.41, 5.74) is 4.25. The lowest BCUT2D eigenvalue weighted by Gasteiger charge is -1.95. The normalized spacial score (nSPS) is 11.8. The van der Waals surface area contributed by atoms with Crippen molar-refractivity contribution >= 4 is 103 Å². The molecule has 0 saturated heterocycles. The van der Waals surface area contributed by atoms with Gasteiger partial charge in [-0.25, -0.2) is 15.0 Å². The lowest BCUT2D eigenvalue weighted by Crippen LogP contribution is -1.87. The zero-order chi connectivity index (χ0) is 17.8. The summed E-state index contributed by atoms with van der Waals surface area (Å²) in [5, 5.41) is 5.12. The van der Waals surface area contributed by atoms with Gasteiger partial charge in [0.25, 0.3) is 0 Å². The minimum atomic E-state index is 0.861. The van der Waals surface area contributed by atoms with E-state index in [1.807, 2.05) is 6.07 Å². The number of halogens is 1. The van der Waals surface area contributed by atoms with Gasteiger partial charge in [0.2, 0.25) is 0 Å². The number of nitrogens with zero attached hydrogens (tertiary/aromatic N) is 3. The highest BCUT2D eigenvalue weighted by atomic mass is 79.9. The van der Waals surface area contributed by atoms with E-state index in [-0.39, 0.29) is 0 Å². The zero-order valence-corrected chi connectivity index (χ0v) is 18.5. The largest absolute Gasteiger partial charge is 0.307 e. The van der Waals surface area contributed by atoms with Crippen molar-refractivity contribution in [2.75, 3.05) is 11.6 Å². The standard InChI is InChI=1S/C17H11BrN4S4/c1-7-3-4-8(18)12-11(7)21-16(24-12)22-15-19-9-5-6-10-14(13(9)25-15)26-17(20-10)23-2/h3-6H,1-2H3,(H,19,21,22). The number of aromatic nitrogens is 3. The second-order valence-corrected chi connectivity index (χ2v) is 10.6. The van der Waals surface area contributed by atoms with Crippen LogP contribution in [0, 0.1) is 6.92 Å². The molecule has 0 aliphatic heterocycles. The van der Waals surface area contributed by atoms with E-state index in [0.29, 0.717) is 0 Å². The monoisotopic (exact) mass is 478 g/mol. The highest BCUT2D eigenvalue weighted by Crippen LogP contribution is 2.40. The van der Waals surface area contributed by atoms with E-state index in [1.165, 1.54) is 15.0 Å². The van der Waals surface area contributed by atoms with Crippen molar-refractivity contribution in [2.45, 2.75) is 11.3 Å². The van der Waals surface area contributed by atoms with Gasteiger partial charge in [-0.05, 0) is 52.9 Å². The maximum atomic E-state index is 4.75. The molecule has 0 aliphatic carbocycles. The number of anilines is 2. The summed E-state index contributed by atoms with van der Waals surface area (Å²) < 4.78 is 5.70. The van der Waals surface area contributed by atoms with Gasteiger partial charge in [0.15, 0.2) is 14.6 Å². The molecule has 0 unspecified atom stereocenters. The Labute approximate surface area is 173 Å². The van der Waals surface area contributed by atoms with Crippen LogP contribution in [-0.4, -0.2) is 21.2 Å². The maximum absolute atomic E-state index is 4.75. The average Bonchev–Trinajstić information content (AvgIpc) is 3.33. The van der Waals surface area contributed by atoms with Crippen LogP contribution in [0.4, 0.5) is 10.3 Å². The lowest BCUT2D eigenvalue weighted by molar-refractivity contribution is 1.31. The van der Waals surface area contributed by atoms with E-state index in [4.69, 9.17) is 9.97 Å². The molecule has 5 aromatic rings. The number of thiazole rings is 3. The van der Waals surface area contributed by atoms with Crippen molar-refractivity contribution in [1.82, 2.24) is 15.0 Å². The quantitative estimate of drug-likeness (QED) is 0.281. The SMILES string of the molecule is CSc1nc2ccc3nc(Nc4nc5c(C)ccc(Br)c5s4)sc3c2s1. The molecule has 4 nitrogen and oxygen atoms in total. The Bertz CT molecular complexity index is 1250. The molecule has 0 radical (unpaired) electrons. The fourth-order valence-electron chi connectivity index (χ4n) is 2.74. The smallest absolute Gasteiger partial charge is 0.190 e. The van der Waals surface area contributed by atoms with Crippen LogP contribution >= 0.6 is 61.7 Å². The number of benzene rings is 2. The third kappa shape index (κ3) is 2.73. The zero-order valence-electron chi connectivity index (χ0n) is 13.7. The first kappa shape index (κ1) is 16.9. The summed E-state index contributed by atoms with van der Waals surface area (Å²) in [6.07, 6.45) is 2.06. The summed E-state index contributed by atoms with van der Waals surface area (Å²) in [6.45, 7) is 2.08. The van der Waals surface area contributed by atoms with Crippen molar-refractivity contribution in [3.63, 3.8) is 0 Å². The number of nitrogens with one attached hydrogen (secondary N) is 1. The minimum Gasteiger partial charge on any atom is -0.307 e. The molecule has 0 aliphatic rings. The van der Waals surface area contributed by atoms with Crippen molar-refractivity contribution in [1.29, 1.82) is 0 Å².